The van der Waals surface area contributed by atoms with E-state index >= 15 is 0 Å². The summed E-state index contributed by atoms with van der Waals surface area (Å²) in [5, 5.41) is 0. The molecule has 21 rings (SSSR count). The Kier molecular flexibility index (Phi) is 9.49. The molecule has 13 aliphatic heterocycles. The summed E-state index contributed by atoms with van der Waals surface area (Å²) >= 11 is 0. The highest BCUT2D eigenvalue weighted by molar-refractivity contribution is 7.91. The quantitative estimate of drug-likeness (QED) is 0.149. The smallest absolute Gasteiger partial charge is 0.206 e. The molecular weight excluding hydrogens is 769 g/mol. The van der Waals surface area contributed by atoms with Crippen molar-refractivity contribution in [2.24, 2.45) is 0 Å². The van der Waals surface area contributed by atoms with Crippen LogP contribution in [0.15, 0.2) is 214 Å². The van der Waals surface area contributed by atoms with Crippen molar-refractivity contribution in [3.05, 3.63) is 194 Å². The molecule has 284 valence electrons. The normalized spacial score (nSPS) is 13.9. The van der Waals surface area contributed by atoms with Crippen molar-refractivity contribution in [1.82, 2.24) is 0 Å². The van der Waals surface area contributed by atoms with Gasteiger partial charge in [0.05, 0.1) is 19.6 Å². The number of benzene rings is 8. The third-order valence-corrected chi connectivity index (χ3v) is 13.1. The van der Waals surface area contributed by atoms with Crippen LogP contribution >= 0.6 is 0 Å². The van der Waals surface area contributed by atoms with E-state index in [2.05, 4.69) is 0 Å². The van der Waals surface area contributed by atoms with Crippen LogP contribution in [0.1, 0.15) is 0 Å². The molecule has 0 aromatic heterocycles. The van der Waals surface area contributed by atoms with E-state index in [1.807, 2.05) is 97.1 Å². The molecule has 10 heteroatoms. The molecule has 0 atom stereocenters. The minimum absolute atomic E-state index is 0.143. The summed E-state index contributed by atoms with van der Waals surface area (Å²) in [5.74, 6) is 4.34. The predicted octanol–water partition coefficient (Wildman–Crippen LogP) is 12.2. The van der Waals surface area contributed by atoms with Gasteiger partial charge in [0.25, 0.3) is 0 Å². The molecule has 0 fully saturated rings. The van der Waals surface area contributed by atoms with Gasteiger partial charge >= 0.3 is 0 Å². The first-order valence-corrected chi connectivity index (χ1v) is 21.2. The van der Waals surface area contributed by atoms with E-state index in [4.69, 9.17) is 18.9 Å². The van der Waals surface area contributed by atoms with Gasteiger partial charge in [-0.05, 0) is 168 Å². The number of rotatable bonds is 0. The van der Waals surface area contributed by atoms with E-state index in [-0.39, 0.29) is 19.6 Å². The molecule has 8 aromatic rings. The van der Waals surface area contributed by atoms with Crippen LogP contribution in [0.25, 0.3) is 22.3 Å². The van der Waals surface area contributed by atoms with E-state index < -0.39 is 19.7 Å². The topological polar surface area (TPSA) is 105 Å². The van der Waals surface area contributed by atoms with E-state index in [1.165, 1.54) is 48.5 Å². The predicted molar refractivity (Wildman–Crippen MR) is 221 cm³/mol. The Morgan fingerprint density at radius 1 is 0.207 bits per heavy atom. The largest absolute Gasteiger partial charge is 0.457 e. The Morgan fingerprint density at radius 3 is 0.500 bits per heavy atom. The first-order chi connectivity index (χ1) is 28.2. The monoisotopic (exact) mass is 800 g/mol. The number of ether oxygens (including phenoxy) is 4. The van der Waals surface area contributed by atoms with Crippen LogP contribution in [0.5, 0.6) is 46.0 Å². The summed E-state index contributed by atoms with van der Waals surface area (Å²) in [6, 6.07) is 55.4. The fourth-order valence-corrected chi connectivity index (χ4v) is 8.95. The zero-order chi connectivity index (χ0) is 39.7. The summed E-state index contributed by atoms with van der Waals surface area (Å²) < 4.78 is 77.9. The van der Waals surface area contributed by atoms with Crippen LogP contribution in [0.2, 0.25) is 0 Å². The third-order valence-electron chi connectivity index (χ3n) is 9.56. The summed E-state index contributed by atoms with van der Waals surface area (Å²) in [6.45, 7) is 0. The molecule has 8 nitrogen and oxygen atoms in total. The molecule has 0 radical (unpaired) electrons. The average molecular weight is 801 g/mol. The lowest BCUT2D eigenvalue weighted by atomic mass is 10.1. The SMILES string of the molecule is O=S1(=O)c2ccc(cc2)Oc2ccc(cc2)-c2ccc(cc2)Oc2ccc(cc2)S(=O)(=O)c2ccc(cc2)Oc2ccc(cc2)-c2ccc(cc2)Oc2ccc1cc2. The summed E-state index contributed by atoms with van der Waals surface area (Å²) in [7, 11) is -7.57. The van der Waals surface area contributed by atoms with Crippen LogP contribution in [-0.2, 0) is 19.7 Å². The zero-order valence-corrected chi connectivity index (χ0v) is 32.2. The van der Waals surface area contributed by atoms with Gasteiger partial charge in [0.15, 0.2) is 0 Å². The number of hydrogen-bond acceptors (Lipinski definition) is 8. The third kappa shape index (κ3) is 7.66. The second-order valence-corrected chi connectivity index (χ2v) is 17.3. The molecule has 16 bridgehead atoms. The van der Waals surface area contributed by atoms with E-state index in [0.717, 1.165) is 22.3 Å². The van der Waals surface area contributed by atoms with Crippen LogP contribution in [0.3, 0.4) is 0 Å². The van der Waals surface area contributed by atoms with E-state index in [9.17, 15) is 16.8 Å². The van der Waals surface area contributed by atoms with Crippen LogP contribution in [-0.4, -0.2) is 16.8 Å². The second kappa shape index (κ2) is 15.1. The molecule has 0 unspecified atom stereocenters. The summed E-state index contributed by atoms with van der Waals surface area (Å²) in [6.07, 6.45) is 0. The highest BCUT2D eigenvalue weighted by Crippen LogP contribution is 2.34. The van der Waals surface area contributed by atoms with Crippen molar-refractivity contribution < 1.29 is 35.8 Å². The van der Waals surface area contributed by atoms with Crippen LogP contribution in [0, 0.1) is 0 Å². The molecule has 0 saturated heterocycles. The van der Waals surface area contributed by atoms with Gasteiger partial charge in [-0.1, -0.05) is 48.5 Å². The van der Waals surface area contributed by atoms with Gasteiger partial charge in [0.1, 0.15) is 46.0 Å². The molecule has 0 N–H and O–H groups in total. The number of sulfone groups is 2. The Morgan fingerprint density at radius 2 is 0.345 bits per heavy atom. The maximum atomic E-state index is 13.5. The maximum absolute atomic E-state index is 13.5. The van der Waals surface area contributed by atoms with Gasteiger partial charge in [-0.2, -0.15) is 0 Å². The summed E-state index contributed by atoms with van der Waals surface area (Å²) in [5.41, 5.74) is 3.82. The molecule has 0 spiro atoms. The Balaban J connectivity index is 0.992. The minimum atomic E-state index is -3.79. The van der Waals surface area contributed by atoms with Gasteiger partial charge in [-0.3, -0.25) is 0 Å². The molecule has 0 saturated carbocycles. The van der Waals surface area contributed by atoms with Gasteiger partial charge in [-0.15, -0.1) is 0 Å². The van der Waals surface area contributed by atoms with Gasteiger partial charge < -0.3 is 18.9 Å². The lowest BCUT2D eigenvalue weighted by Gasteiger charge is -2.11. The molecular formula is C48H32O8S2. The Hall–Kier alpha value is -7.14. The van der Waals surface area contributed by atoms with Crippen molar-refractivity contribution >= 4 is 19.7 Å². The fraction of sp³-hybridized carbons (Fsp3) is 0. The first-order valence-electron chi connectivity index (χ1n) is 18.2. The minimum Gasteiger partial charge on any atom is -0.457 e. The van der Waals surface area contributed by atoms with Crippen molar-refractivity contribution in [3.63, 3.8) is 0 Å². The van der Waals surface area contributed by atoms with E-state index in [1.54, 1.807) is 48.5 Å². The molecule has 0 amide bonds. The maximum Gasteiger partial charge on any atom is 0.206 e. The fourth-order valence-electron chi connectivity index (χ4n) is 6.43. The van der Waals surface area contributed by atoms with Crippen molar-refractivity contribution in [3.8, 4) is 68.2 Å². The highest BCUT2D eigenvalue weighted by Gasteiger charge is 2.20. The molecule has 58 heavy (non-hydrogen) atoms. The molecule has 8 aromatic carbocycles. The lowest BCUT2D eigenvalue weighted by Crippen LogP contribution is -2.02. The first kappa shape index (κ1) is 36.5. The second-order valence-electron chi connectivity index (χ2n) is 13.4. The zero-order valence-electron chi connectivity index (χ0n) is 30.6. The van der Waals surface area contributed by atoms with Crippen molar-refractivity contribution in [1.29, 1.82) is 0 Å². The number of hydrogen-bond donors (Lipinski definition) is 0. The average Bonchev–Trinajstić information content (AvgIpc) is 3.25. The van der Waals surface area contributed by atoms with Gasteiger partial charge in [-0.25, -0.2) is 16.8 Å². The van der Waals surface area contributed by atoms with Gasteiger partial charge in [0, 0.05) is 0 Å². The van der Waals surface area contributed by atoms with Crippen LogP contribution in [0.4, 0.5) is 0 Å². The lowest BCUT2D eigenvalue weighted by molar-refractivity contribution is 0.481. The Labute approximate surface area is 336 Å². The molecule has 0 aliphatic carbocycles. The standard InChI is InChI=1S/C48H32O8S2/c49-57(50)45-25-17-41(18-26-45)53-37-9-1-33(2-10-37)34-3-11-38(12-4-34)54-42-19-27-47(28-20-42)58(51,52)48-31-23-44(24-32-48)56-40-15-7-36(8-16-40)35-5-13-39(14-6-35)55-43-21-29-46(57)30-22-43/h1-32H. The molecule has 13 aliphatic rings. The van der Waals surface area contributed by atoms with Crippen molar-refractivity contribution in [2.75, 3.05) is 0 Å². The van der Waals surface area contributed by atoms with E-state index in [0.29, 0.717) is 46.0 Å². The highest BCUT2D eigenvalue weighted by atomic mass is 32.2. The van der Waals surface area contributed by atoms with Crippen molar-refractivity contribution in [2.45, 2.75) is 19.6 Å². The van der Waals surface area contributed by atoms with Crippen LogP contribution < -0.4 is 18.9 Å². The summed E-state index contributed by atoms with van der Waals surface area (Å²) in [4.78, 5) is 0.571. The molecule has 13 heterocycles. The Bertz CT molecular complexity index is 2530. The van der Waals surface area contributed by atoms with Gasteiger partial charge in [0.2, 0.25) is 19.7 Å².